The van der Waals surface area contributed by atoms with Gasteiger partial charge in [0, 0.05) is 32.4 Å². The highest BCUT2D eigenvalue weighted by Gasteiger charge is 2.24. The number of hydrogen-bond acceptors (Lipinski definition) is 3. The molecule has 2 heterocycles. The van der Waals surface area contributed by atoms with Crippen molar-refractivity contribution in [1.29, 1.82) is 0 Å². The number of piperidine rings is 1. The average molecular weight is 222 g/mol. The number of anilines is 1. The van der Waals surface area contributed by atoms with Crippen LogP contribution >= 0.6 is 0 Å². The molecule has 1 atom stereocenters. The molecule has 4 nitrogen and oxygen atoms in total. The Labute approximate surface area is 97.4 Å². The molecule has 1 aromatic rings. The van der Waals surface area contributed by atoms with Gasteiger partial charge in [0.2, 0.25) is 5.95 Å². The van der Waals surface area contributed by atoms with Crippen molar-refractivity contribution in [2.45, 2.75) is 38.6 Å². The summed E-state index contributed by atoms with van der Waals surface area (Å²) in [5.41, 5.74) is 7.01. The van der Waals surface area contributed by atoms with Crippen LogP contribution in [0.25, 0.3) is 0 Å². The number of aromatic nitrogens is 2. The summed E-state index contributed by atoms with van der Waals surface area (Å²) in [6.45, 7) is 3.97. The van der Waals surface area contributed by atoms with Crippen LogP contribution in [-0.2, 0) is 13.5 Å². The van der Waals surface area contributed by atoms with Gasteiger partial charge < -0.3 is 15.2 Å². The molecule has 1 aliphatic heterocycles. The zero-order valence-electron chi connectivity index (χ0n) is 10.3. The molecule has 2 N–H and O–H groups in total. The van der Waals surface area contributed by atoms with Crippen molar-refractivity contribution in [3.63, 3.8) is 0 Å². The minimum absolute atomic E-state index is 0.472. The lowest BCUT2D eigenvalue weighted by atomic mass is 10.0. The van der Waals surface area contributed by atoms with E-state index in [0.717, 1.165) is 25.5 Å². The van der Waals surface area contributed by atoms with Gasteiger partial charge in [-0.05, 0) is 25.7 Å². The number of imidazole rings is 1. The third-order valence-corrected chi connectivity index (χ3v) is 3.42. The summed E-state index contributed by atoms with van der Waals surface area (Å²) in [6.07, 6.45) is 6.87. The summed E-state index contributed by atoms with van der Waals surface area (Å²) in [7, 11) is 2.07. The van der Waals surface area contributed by atoms with Crippen LogP contribution in [0.15, 0.2) is 6.20 Å². The van der Waals surface area contributed by atoms with Gasteiger partial charge in [-0.2, -0.15) is 0 Å². The number of nitrogens with two attached hydrogens (primary N) is 1. The van der Waals surface area contributed by atoms with E-state index in [0.29, 0.717) is 6.04 Å². The lowest BCUT2D eigenvalue weighted by molar-refractivity contribution is 0.454. The second-order valence-corrected chi connectivity index (χ2v) is 4.58. The Bertz CT molecular complexity index is 345. The highest BCUT2D eigenvalue weighted by molar-refractivity contribution is 5.35. The molecule has 0 bridgehead atoms. The number of hydrogen-bond donors (Lipinski definition) is 1. The van der Waals surface area contributed by atoms with Gasteiger partial charge in [-0.15, -0.1) is 0 Å². The maximum atomic E-state index is 5.84. The molecule has 0 spiro atoms. The smallest absolute Gasteiger partial charge is 0.205 e. The summed E-state index contributed by atoms with van der Waals surface area (Å²) < 4.78 is 2.13. The molecule has 1 saturated heterocycles. The van der Waals surface area contributed by atoms with E-state index in [2.05, 4.69) is 34.6 Å². The van der Waals surface area contributed by atoms with Gasteiger partial charge in [0.05, 0.1) is 5.69 Å². The molecule has 1 fully saturated rings. The van der Waals surface area contributed by atoms with Crippen molar-refractivity contribution in [2.24, 2.45) is 12.8 Å². The van der Waals surface area contributed by atoms with Crippen LogP contribution in [0.5, 0.6) is 0 Å². The van der Waals surface area contributed by atoms with Crippen molar-refractivity contribution in [3.05, 3.63) is 11.9 Å². The largest absolute Gasteiger partial charge is 0.338 e. The van der Waals surface area contributed by atoms with Crippen molar-refractivity contribution in [3.8, 4) is 0 Å². The van der Waals surface area contributed by atoms with E-state index in [1.54, 1.807) is 0 Å². The molecule has 2 rings (SSSR count). The standard InChI is InChI=1S/C12H22N4/c1-3-10-9-15(2)12(14-10)16-7-5-4-6-11(16)8-13/h9,11H,3-8,13H2,1-2H3. The molecule has 0 amide bonds. The van der Waals surface area contributed by atoms with Crippen molar-refractivity contribution in [1.82, 2.24) is 9.55 Å². The van der Waals surface area contributed by atoms with Crippen molar-refractivity contribution < 1.29 is 0 Å². The molecule has 4 heteroatoms. The molecule has 1 unspecified atom stereocenters. The van der Waals surface area contributed by atoms with Gasteiger partial charge in [-0.3, -0.25) is 0 Å². The number of nitrogens with zero attached hydrogens (tertiary/aromatic N) is 3. The molecule has 0 radical (unpaired) electrons. The van der Waals surface area contributed by atoms with Crippen molar-refractivity contribution >= 4 is 5.95 Å². The fraction of sp³-hybridized carbons (Fsp3) is 0.750. The minimum Gasteiger partial charge on any atom is -0.338 e. The first kappa shape index (κ1) is 11.5. The van der Waals surface area contributed by atoms with Crippen LogP contribution in [0.3, 0.4) is 0 Å². The molecule has 1 aromatic heterocycles. The first-order chi connectivity index (χ1) is 7.76. The van der Waals surface area contributed by atoms with Crippen LogP contribution in [-0.4, -0.2) is 28.7 Å². The van der Waals surface area contributed by atoms with Gasteiger partial charge in [0.25, 0.3) is 0 Å². The van der Waals surface area contributed by atoms with E-state index in [4.69, 9.17) is 5.73 Å². The fourth-order valence-corrected chi connectivity index (χ4v) is 2.46. The lowest BCUT2D eigenvalue weighted by Crippen LogP contribution is -2.45. The molecule has 16 heavy (non-hydrogen) atoms. The van der Waals surface area contributed by atoms with E-state index in [-0.39, 0.29) is 0 Å². The van der Waals surface area contributed by atoms with Crippen LogP contribution in [0.1, 0.15) is 31.9 Å². The Hall–Kier alpha value is -1.03. The SMILES string of the molecule is CCc1cn(C)c(N2CCCCC2CN)n1. The summed E-state index contributed by atoms with van der Waals surface area (Å²) in [5.74, 6) is 1.09. The maximum absolute atomic E-state index is 5.84. The number of aryl methyl sites for hydroxylation is 2. The molecule has 0 aliphatic carbocycles. The lowest BCUT2D eigenvalue weighted by Gasteiger charge is -2.35. The second kappa shape index (κ2) is 4.87. The number of rotatable bonds is 3. The van der Waals surface area contributed by atoms with Gasteiger partial charge in [-0.1, -0.05) is 6.92 Å². The van der Waals surface area contributed by atoms with E-state index in [1.807, 2.05) is 0 Å². The van der Waals surface area contributed by atoms with Gasteiger partial charge in [0.1, 0.15) is 0 Å². The Kier molecular flexibility index (Phi) is 3.49. The van der Waals surface area contributed by atoms with Crippen molar-refractivity contribution in [2.75, 3.05) is 18.0 Å². The fourth-order valence-electron chi connectivity index (χ4n) is 2.46. The predicted octanol–water partition coefficient (Wildman–Crippen LogP) is 1.30. The third-order valence-electron chi connectivity index (χ3n) is 3.42. The Morgan fingerprint density at radius 1 is 1.50 bits per heavy atom. The Morgan fingerprint density at radius 2 is 2.31 bits per heavy atom. The quantitative estimate of drug-likeness (QED) is 0.838. The Balaban J connectivity index is 2.23. The minimum atomic E-state index is 0.472. The van der Waals surface area contributed by atoms with Crippen LogP contribution in [0, 0.1) is 0 Å². The normalized spacial score (nSPS) is 21.4. The highest BCUT2D eigenvalue weighted by Crippen LogP contribution is 2.23. The van der Waals surface area contributed by atoms with E-state index < -0.39 is 0 Å². The topological polar surface area (TPSA) is 47.1 Å². The van der Waals surface area contributed by atoms with E-state index >= 15 is 0 Å². The average Bonchev–Trinajstić information content (AvgIpc) is 2.70. The van der Waals surface area contributed by atoms with E-state index in [9.17, 15) is 0 Å². The van der Waals surface area contributed by atoms with Crippen LogP contribution in [0.2, 0.25) is 0 Å². The zero-order chi connectivity index (χ0) is 11.5. The summed E-state index contributed by atoms with van der Waals surface area (Å²) >= 11 is 0. The zero-order valence-corrected chi connectivity index (χ0v) is 10.3. The monoisotopic (exact) mass is 222 g/mol. The predicted molar refractivity (Wildman–Crippen MR) is 66.6 cm³/mol. The first-order valence-electron chi connectivity index (χ1n) is 6.25. The maximum Gasteiger partial charge on any atom is 0.205 e. The summed E-state index contributed by atoms with van der Waals surface area (Å²) in [4.78, 5) is 7.06. The van der Waals surface area contributed by atoms with Gasteiger partial charge >= 0.3 is 0 Å². The van der Waals surface area contributed by atoms with Crippen LogP contribution in [0.4, 0.5) is 5.95 Å². The van der Waals surface area contributed by atoms with Crippen LogP contribution < -0.4 is 10.6 Å². The Morgan fingerprint density at radius 3 is 2.94 bits per heavy atom. The first-order valence-corrected chi connectivity index (χ1v) is 6.25. The molecule has 90 valence electrons. The third kappa shape index (κ3) is 2.07. The molecule has 0 aromatic carbocycles. The second-order valence-electron chi connectivity index (χ2n) is 4.58. The molecule has 0 saturated carbocycles. The summed E-state index contributed by atoms with van der Waals surface area (Å²) in [5, 5.41) is 0. The van der Waals surface area contributed by atoms with Gasteiger partial charge in [-0.25, -0.2) is 4.98 Å². The van der Waals surface area contributed by atoms with Gasteiger partial charge in [0.15, 0.2) is 0 Å². The molecular formula is C12H22N4. The molecule has 1 aliphatic rings. The highest BCUT2D eigenvalue weighted by atomic mass is 15.3. The molecular weight excluding hydrogens is 200 g/mol. The summed E-state index contributed by atoms with van der Waals surface area (Å²) in [6, 6.07) is 0.472. The van der Waals surface area contributed by atoms with E-state index in [1.165, 1.54) is 25.0 Å².